The van der Waals surface area contributed by atoms with E-state index in [1.807, 2.05) is 53.4 Å². The molecule has 172 valence electrons. The normalized spacial score (nSPS) is 19.3. The zero-order valence-corrected chi connectivity index (χ0v) is 19.6. The Kier molecular flexibility index (Phi) is 5.85. The number of rotatable bonds is 4. The molecule has 0 radical (unpaired) electrons. The van der Waals surface area contributed by atoms with Crippen molar-refractivity contribution in [1.82, 2.24) is 4.31 Å². The SMILES string of the molecule is COc1ccc2c(c1)CCCN2C(=O)C1CCCN(S(=O)(=O)c2cccc3ccccc23)C1. The fourth-order valence-electron chi connectivity index (χ4n) is 5.07. The van der Waals surface area contributed by atoms with E-state index in [-0.39, 0.29) is 18.4 Å². The Hall–Kier alpha value is -2.90. The van der Waals surface area contributed by atoms with Gasteiger partial charge in [-0.15, -0.1) is 0 Å². The van der Waals surface area contributed by atoms with E-state index in [0.717, 1.165) is 35.2 Å². The summed E-state index contributed by atoms with van der Waals surface area (Å²) in [7, 11) is -2.07. The Labute approximate surface area is 194 Å². The van der Waals surface area contributed by atoms with Gasteiger partial charge in [-0.3, -0.25) is 4.79 Å². The molecule has 0 aromatic heterocycles. The lowest BCUT2D eigenvalue weighted by molar-refractivity contribution is -0.123. The summed E-state index contributed by atoms with van der Waals surface area (Å²) in [6, 6.07) is 18.7. The minimum atomic E-state index is -3.71. The first-order valence-corrected chi connectivity index (χ1v) is 12.9. The number of fused-ring (bicyclic) bond motifs is 2. The number of aryl methyl sites for hydroxylation is 1. The van der Waals surface area contributed by atoms with Gasteiger partial charge >= 0.3 is 0 Å². The van der Waals surface area contributed by atoms with Crippen molar-refractivity contribution in [1.29, 1.82) is 0 Å². The van der Waals surface area contributed by atoms with E-state index in [4.69, 9.17) is 4.74 Å². The first kappa shape index (κ1) is 21.9. The van der Waals surface area contributed by atoms with Gasteiger partial charge < -0.3 is 9.64 Å². The predicted octanol–water partition coefficient (Wildman–Crippen LogP) is 4.23. The number of piperidine rings is 1. The van der Waals surface area contributed by atoms with Crippen molar-refractivity contribution in [3.05, 3.63) is 66.2 Å². The highest BCUT2D eigenvalue weighted by Crippen LogP contribution is 2.34. The molecule has 0 spiro atoms. The number of anilines is 1. The third-order valence-corrected chi connectivity index (χ3v) is 8.70. The number of methoxy groups -OCH3 is 1. The van der Waals surface area contributed by atoms with Crippen LogP contribution in [-0.2, 0) is 21.2 Å². The van der Waals surface area contributed by atoms with Crippen LogP contribution < -0.4 is 9.64 Å². The van der Waals surface area contributed by atoms with Crippen LogP contribution in [0.4, 0.5) is 5.69 Å². The third kappa shape index (κ3) is 4.00. The van der Waals surface area contributed by atoms with Crippen molar-refractivity contribution >= 4 is 32.4 Å². The molecule has 1 saturated heterocycles. The molecule has 33 heavy (non-hydrogen) atoms. The number of sulfonamides is 1. The Morgan fingerprint density at radius 2 is 1.82 bits per heavy atom. The maximum absolute atomic E-state index is 13.6. The lowest BCUT2D eigenvalue weighted by Crippen LogP contribution is -2.48. The van der Waals surface area contributed by atoms with Crippen molar-refractivity contribution in [2.24, 2.45) is 5.92 Å². The molecular formula is C26H28N2O4S. The van der Waals surface area contributed by atoms with Crippen LogP contribution in [0.5, 0.6) is 5.75 Å². The van der Waals surface area contributed by atoms with E-state index in [1.165, 1.54) is 4.31 Å². The molecule has 2 aliphatic heterocycles. The largest absolute Gasteiger partial charge is 0.497 e. The first-order chi connectivity index (χ1) is 16.0. The Morgan fingerprint density at radius 1 is 1.00 bits per heavy atom. The predicted molar refractivity (Wildman–Crippen MR) is 129 cm³/mol. The number of hydrogen-bond acceptors (Lipinski definition) is 4. The van der Waals surface area contributed by atoms with Crippen LogP contribution >= 0.6 is 0 Å². The average Bonchev–Trinajstić information content (AvgIpc) is 2.87. The van der Waals surface area contributed by atoms with Crippen LogP contribution in [0, 0.1) is 5.92 Å². The summed E-state index contributed by atoms with van der Waals surface area (Å²) in [4.78, 5) is 15.7. The molecule has 2 aliphatic rings. The fraction of sp³-hybridized carbons (Fsp3) is 0.346. The number of carbonyl (C=O) groups excluding carboxylic acids is 1. The zero-order valence-electron chi connectivity index (χ0n) is 18.7. The van der Waals surface area contributed by atoms with Crippen LogP contribution in [0.15, 0.2) is 65.6 Å². The molecule has 0 saturated carbocycles. The monoisotopic (exact) mass is 464 g/mol. The van der Waals surface area contributed by atoms with Gasteiger partial charge in [0.25, 0.3) is 0 Å². The highest BCUT2D eigenvalue weighted by molar-refractivity contribution is 7.89. The van der Waals surface area contributed by atoms with Gasteiger partial charge in [0, 0.05) is 30.7 Å². The minimum Gasteiger partial charge on any atom is -0.497 e. The highest BCUT2D eigenvalue weighted by atomic mass is 32.2. The molecule has 1 unspecified atom stereocenters. The minimum absolute atomic E-state index is 0.0129. The molecular weight excluding hydrogens is 436 g/mol. The van der Waals surface area contributed by atoms with E-state index in [9.17, 15) is 13.2 Å². The van der Waals surface area contributed by atoms with Crippen LogP contribution in [0.2, 0.25) is 0 Å². The van der Waals surface area contributed by atoms with Crippen molar-refractivity contribution < 1.29 is 17.9 Å². The number of hydrogen-bond donors (Lipinski definition) is 0. The number of amides is 1. The summed E-state index contributed by atoms with van der Waals surface area (Å²) >= 11 is 0. The summed E-state index contributed by atoms with van der Waals surface area (Å²) in [5.74, 6) is 0.448. The van der Waals surface area contributed by atoms with Crippen LogP contribution in [-0.4, -0.2) is 45.4 Å². The standard InChI is InChI=1S/C26H28N2O4S/c1-32-22-13-14-24-20(17-22)9-6-16-28(24)26(29)21-10-5-15-27(18-21)33(30,31)25-12-4-8-19-7-2-3-11-23(19)25/h2-4,7-8,11-14,17,21H,5-6,9-10,15-16,18H2,1H3. The molecule has 1 amide bonds. The number of carbonyl (C=O) groups is 1. The molecule has 1 fully saturated rings. The van der Waals surface area contributed by atoms with Crippen molar-refractivity contribution in [2.75, 3.05) is 31.6 Å². The van der Waals surface area contributed by atoms with E-state index in [1.54, 1.807) is 19.2 Å². The molecule has 1 atom stereocenters. The van der Waals surface area contributed by atoms with E-state index in [0.29, 0.717) is 36.2 Å². The summed E-state index contributed by atoms with van der Waals surface area (Å²) in [6.07, 6.45) is 3.16. The van der Waals surface area contributed by atoms with Crippen LogP contribution in [0.1, 0.15) is 24.8 Å². The average molecular weight is 465 g/mol. The van der Waals surface area contributed by atoms with Gasteiger partial charge in [-0.1, -0.05) is 36.4 Å². The summed E-state index contributed by atoms with van der Waals surface area (Å²) in [5.41, 5.74) is 2.02. The third-order valence-electron chi connectivity index (χ3n) is 6.77. The fourth-order valence-corrected chi connectivity index (χ4v) is 6.81. The lowest BCUT2D eigenvalue weighted by atomic mass is 9.95. The van der Waals surface area contributed by atoms with Gasteiger partial charge in [0.05, 0.1) is 17.9 Å². The second kappa shape index (κ2) is 8.80. The Balaban J connectivity index is 1.41. The van der Waals surface area contributed by atoms with Crippen molar-refractivity contribution in [3.8, 4) is 5.75 Å². The number of benzene rings is 3. The lowest BCUT2D eigenvalue weighted by Gasteiger charge is -2.36. The second-order valence-corrected chi connectivity index (χ2v) is 10.7. The maximum Gasteiger partial charge on any atom is 0.243 e. The van der Waals surface area contributed by atoms with Gasteiger partial charge in [-0.2, -0.15) is 4.31 Å². The van der Waals surface area contributed by atoms with Crippen molar-refractivity contribution in [2.45, 2.75) is 30.6 Å². The Bertz CT molecular complexity index is 1300. The molecule has 0 bridgehead atoms. The van der Waals surface area contributed by atoms with E-state index >= 15 is 0 Å². The Morgan fingerprint density at radius 3 is 2.67 bits per heavy atom. The molecule has 2 heterocycles. The summed E-state index contributed by atoms with van der Waals surface area (Å²) in [5, 5.41) is 1.61. The molecule has 6 nitrogen and oxygen atoms in total. The second-order valence-electron chi connectivity index (χ2n) is 8.77. The maximum atomic E-state index is 13.6. The first-order valence-electron chi connectivity index (χ1n) is 11.5. The van der Waals surface area contributed by atoms with Gasteiger partial charge in [0.15, 0.2) is 0 Å². The van der Waals surface area contributed by atoms with Gasteiger partial charge in [0.2, 0.25) is 15.9 Å². The molecule has 5 rings (SSSR count). The summed E-state index contributed by atoms with van der Waals surface area (Å²) < 4.78 is 34.0. The van der Waals surface area contributed by atoms with Crippen LogP contribution in [0.3, 0.4) is 0 Å². The molecule has 3 aromatic carbocycles. The van der Waals surface area contributed by atoms with E-state index < -0.39 is 10.0 Å². The van der Waals surface area contributed by atoms with Gasteiger partial charge in [0.1, 0.15) is 5.75 Å². The van der Waals surface area contributed by atoms with Gasteiger partial charge in [-0.05, 0) is 60.9 Å². The highest BCUT2D eigenvalue weighted by Gasteiger charge is 2.37. The molecule has 0 N–H and O–H groups in total. The van der Waals surface area contributed by atoms with E-state index in [2.05, 4.69) is 0 Å². The zero-order chi connectivity index (χ0) is 23.0. The quantitative estimate of drug-likeness (QED) is 0.580. The van der Waals surface area contributed by atoms with Crippen LogP contribution in [0.25, 0.3) is 10.8 Å². The molecule has 7 heteroatoms. The topological polar surface area (TPSA) is 66.9 Å². The smallest absolute Gasteiger partial charge is 0.243 e. The molecule has 0 aliphatic carbocycles. The number of ether oxygens (including phenoxy) is 1. The summed E-state index contributed by atoms with van der Waals surface area (Å²) in [6.45, 7) is 1.31. The van der Waals surface area contributed by atoms with Gasteiger partial charge in [-0.25, -0.2) is 8.42 Å². The van der Waals surface area contributed by atoms with Crippen molar-refractivity contribution in [3.63, 3.8) is 0 Å². The molecule has 3 aromatic rings. The number of nitrogens with zero attached hydrogens (tertiary/aromatic N) is 2.